The first kappa shape index (κ1) is 22.5. The lowest BCUT2D eigenvalue weighted by Gasteiger charge is -2.39. The van der Waals surface area contributed by atoms with Crippen LogP contribution in [0.25, 0.3) is 10.2 Å². The van der Waals surface area contributed by atoms with Gasteiger partial charge in [-0.25, -0.2) is 9.78 Å². The fourth-order valence-electron chi connectivity index (χ4n) is 4.12. The number of carbonyl (C=O) groups excluding carboxylic acids is 1. The summed E-state index contributed by atoms with van der Waals surface area (Å²) in [7, 11) is 1.37. The molecule has 0 amide bonds. The van der Waals surface area contributed by atoms with Crippen molar-refractivity contribution in [1.82, 2.24) is 9.88 Å². The number of rotatable bonds is 4. The predicted octanol–water partition coefficient (Wildman–Crippen LogP) is 5.12. The highest BCUT2D eigenvalue weighted by molar-refractivity contribution is 7.22. The molecule has 5 nitrogen and oxygen atoms in total. The lowest BCUT2D eigenvalue weighted by molar-refractivity contribution is -0.137. The van der Waals surface area contributed by atoms with E-state index in [1.807, 2.05) is 19.1 Å². The molecule has 0 aliphatic carbocycles. The van der Waals surface area contributed by atoms with Crippen LogP contribution in [-0.4, -0.2) is 48.6 Å². The van der Waals surface area contributed by atoms with Crippen LogP contribution in [0, 0.1) is 6.92 Å². The van der Waals surface area contributed by atoms with Crippen molar-refractivity contribution < 1.29 is 22.7 Å². The van der Waals surface area contributed by atoms with E-state index in [-0.39, 0.29) is 12.0 Å². The first-order chi connectivity index (χ1) is 15.1. The summed E-state index contributed by atoms with van der Waals surface area (Å²) in [5.74, 6) is -0.349. The Balaban J connectivity index is 1.47. The van der Waals surface area contributed by atoms with E-state index in [4.69, 9.17) is 4.74 Å². The van der Waals surface area contributed by atoms with Gasteiger partial charge in [0.1, 0.15) is 0 Å². The summed E-state index contributed by atoms with van der Waals surface area (Å²) in [5, 5.41) is 0.745. The number of aromatic nitrogens is 1. The normalized spacial score (nSPS) is 17.7. The molecule has 1 unspecified atom stereocenters. The molecule has 1 saturated heterocycles. The van der Waals surface area contributed by atoms with Gasteiger partial charge in [0, 0.05) is 32.2 Å². The Bertz CT molecular complexity index is 1150. The lowest BCUT2D eigenvalue weighted by Crippen LogP contribution is -2.51. The van der Waals surface area contributed by atoms with Gasteiger partial charge in [0.05, 0.1) is 28.5 Å². The molecule has 0 saturated carbocycles. The van der Waals surface area contributed by atoms with Crippen LogP contribution in [0.1, 0.15) is 34.0 Å². The Morgan fingerprint density at radius 1 is 1.22 bits per heavy atom. The molecular formula is C23H24F3N3O2S. The monoisotopic (exact) mass is 463 g/mol. The van der Waals surface area contributed by atoms with Crippen LogP contribution < -0.4 is 4.90 Å². The average Bonchev–Trinajstić information content (AvgIpc) is 3.15. The number of esters is 1. The van der Waals surface area contributed by atoms with Crippen molar-refractivity contribution in [1.29, 1.82) is 0 Å². The number of halogens is 3. The van der Waals surface area contributed by atoms with E-state index in [1.54, 1.807) is 0 Å². The molecule has 0 N–H and O–H groups in total. The molecule has 4 rings (SSSR count). The van der Waals surface area contributed by atoms with Crippen LogP contribution in [-0.2, 0) is 17.5 Å². The minimum Gasteiger partial charge on any atom is -0.465 e. The first-order valence-corrected chi connectivity index (χ1v) is 11.1. The molecule has 9 heteroatoms. The number of benzene rings is 2. The molecule has 0 bridgehead atoms. The summed E-state index contributed by atoms with van der Waals surface area (Å²) in [4.78, 5) is 20.9. The molecule has 32 heavy (non-hydrogen) atoms. The maximum Gasteiger partial charge on any atom is 0.416 e. The Labute approximate surface area is 188 Å². The Morgan fingerprint density at radius 2 is 2.00 bits per heavy atom. The number of carbonyl (C=O) groups is 1. The summed E-state index contributed by atoms with van der Waals surface area (Å²) < 4.78 is 44.4. The van der Waals surface area contributed by atoms with Gasteiger partial charge < -0.3 is 9.64 Å². The molecule has 1 atom stereocenters. The van der Waals surface area contributed by atoms with Gasteiger partial charge >= 0.3 is 12.1 Å². The fraction of sp³-hybridized carbons (Fsp3) is 0.391. The number of thiazole rings is 1. The number of methoxy groups -OCH3 is 1. The number of hydrogen-bond donors (Lipinski definition) is 0. The standard InChI is InChI=1S/C23H24F3N3O2S/c1-14-8-16(10-17(9-14)21(30)31-3)13-28-6-7-29(15(2)12-28)22-27-19-5-4-18(23(24,25)26)11-20(19)32-22/h4-5,8-11,15H,6-7,12-13H2,1-3H3. The van der Waals surface area contributed by atoms with Crippen molar-refractivity contribution in [2.24, 2.45) is 0 Å². The minimum atomic E-state index is -4.36. The van der Waals surface area contributed by atoms with Gasteiger partial charge in [0.15, 0.2) is 5.13 Å². The van der Waals surface area contributed by atoms with Crippen molar-refractivity contribution in [3.63, 3.8) is 0 Å². The van der Waals surface area contributed by atoms with Crippen LogP contribution in [0.4, 0.5) is 18.3 Å². The van der Waals surface area contributed by atoms with E-state index >= 15 is 0 Å². The van der Waals surface area contributed by atoms with Gasteiger partial charge in [0.2, 0.25) is 0 Å². The molecule has 1 aliphatic rings. The van der Waals surface area contributed by atoms with Gasteiger partial charge in [0.25, 0.3) is 0 Å². The van der Waals surface area contributed by atoms with E-state index < -0.39 is 11.7 Å². The van der Waals surface area contributed by atoms with Crippen molar-refractivity contribution in [3.8, 4) is 0 Å². The van der Waals surface area contributed by atoms with Crippen molar-refractivity contribution >= 4 is 32.7 Å². The SMILES string of the molecule is COC(=O)c1cc(C)cc(CN2CCN(c3nc4ccc(C(F)(F)F)cc4s3)C(C)C2)c1. The molecule has 1 aromatic heterocycles. The van der Waals surface area contributed by atoms with E-state index in [0.29, 0.717) is 22.3 Å². The Kier molecular flexibility index (Phi) is 6.13. The van der Waals surface area contributed by atoms with Gasteiger partial charge in [-0.2, -0.15) is 13.2 Å². The molecular weight excluding hydrogens is 439 g/mol. The molecule has 1 fully saturated rings. The topological polar surface area (TPSA) is 45.7 Å². The zero-order valence-corrected chi connectivity index (χ0v) is 18.9. The van der Waals surface area contributed by atoms with Crippen LogP contribution in [0.2, 0.25) is 0 Å². The second-order valence-electron chi connectivity index (χ2n) is 8.15. The quantitative estimate of drug-likeness (QED) is 0.503. The van der Waals surface area contributed by atoms with E-state index in [2.05, 4.69) is 27.8 Å². The van der Waals surface area contributed by atoms with Crippen molar-refractivity contribution in [2.45, 2.75) is 32.6 Å². The van der Waals surface area contributed by atoms with Gasteiger partial charge in [-0.1, -0.05) is 17.4 Å². The number of piperazine rings is 1. The van der Waals surface area contributed by atoms with E-state index in [0.717, 1.165) is 42.0 Å². The maximum absolute atomic E-state index is 13.0. The third-order valence-corrected chi connectivity index (χ3v) is 6.68. The van der Waals surface area contributed by atoms with Gasteiger partial charge in [-0.3, -0.25) is 4.90 Å². The second-order valence-corrected chi connectivity index (χ2v) is 9.16. The summed E-state index contributed by atoms with van der Waals surface area (Å²) in [5.41, 5.74) is 2.53. The molecule has 2 aromatic carbocycles. The smallest absolute Gasteiger partial charge is 0.416 e. The number of ether oxygens (including phenoxy) is 1. The summed E-state index contributed by atoms with van der Waals surface area (Å²) in [6.07, 6.45) is -4.36. The maximum atomic E-state index is 13.0. The largest absolute Gasteiger partial charge is 0.465 e. The summed E-state index contributed by atoms with van der Waals surface area (Å²) >= 11 is 1.30. The zero-order valence-electron chi connectivity index (χ0n) is 18.1. The first-order valence-electron chi connectivity index (χ1n) is 10.3. The molecule has 0 radical (unpaired) electrons. The highest BCUT2D eigenvalue weighted by Crippen LogP contribution is 2.36. The number of alkyl halides is 3. The number of anilines is 1. The molecule has 2 heterocycles. The van der Waals surface area contributed by atoms with Crippen LogP contribution in [0.3, 0.4) is 0 Å². The lowest BCUT2D eigenvalue weighted by atomic mass is 10.1. The van der Waals surface area contributed by atoms with E-state index in [9.17, 15) is 18.0 Å². The average molecular weight is 464 g/mol. The van der Waals surface area contributed by atoms with Crippen LogP contribution in [0.5, 0.6) is 0 Å². The summed E-state index contributed by atoms with van der Waals surface area (Å²) in [6.45, 7) is 7.05. The van der Waals surface area contributed by atoms with E-state index in [1.165, 1.54) is 30.6 Å². The Hall–Kier alpha value is -2.65. The molecule has 3 aromatic rings. The highest BCUT2D eigenvalue weighted by atomic mass is 32.1. The molecule has 1 aliphatic heterocycles. The van der Waals surface area contributed by atoms with Gasteiger partial charge in [-0.05, 0) is 55.3 Å². The van der Waals surface area contributed by atoms with Crippen molar-refractivity contribution in [2.75, 3.05) is 31.6 Å². The second kappa shape index (κ2) is 8.71. The van der Waals surface area contributed by atoms with Gasteiger partial charge in [-0.15, -0.1) is 0 Å². The third kappa shape index (κ3) is 4.73. The predicted molar refractivity (Wildman–Crippen MR) is 119 cm³/mol. The van der Waals surface area contributed by atoms with Crippen LogP contribution in [0.15, 0.2) is 36.4 Å². The zero-order chi connectivity index (χ0) is 23.0. The fourth-order valence-corrected chi connectivity index (χ4v) is 5.25. The Morgan fingerprint density at radius 3 is 2.69 bits per heavy atom. The minimum absolute atomic E-state index is 0.149. The highest BCUT2D eigenvalue weighted by Gasteiger charge is 2.31. The van der Waals surface area contributed by atoms with Crippen molar-refractivity contribution in [3.05, 3.63) is 58.7 Å². The molecule has 0 spiro atoms. The summed E-state index contributed by atoms with van der Waals surface area (Å²) in [6, 6.07) is 9.59. The number of fused-ring (bicyclic) bond motifs is 1. The number of hydrogen-bond acceptors (Lipinski definition) is 6. The number of nitrogens with zero attached hydrogens (tertiary/aromatic N) is 3. The molecule has 170 valence electrons. The third-order valence-electron chi connectivity index (χ3n) is 5.63. The van der Waals surface area contributed by atoms with Crippen LogP contribution >= 0.6 is 11.3 Å². The number of aryl methyl sites for hydroxylation is 1.